The Morgan fingerprint density at radius 1 is 1.16 bits per heavy atom. The number of nitrogens with zero attached hydrogens (tertiary/aromatic N) is 2. The fraction of sp³-hybridized carbons (Fsp3) is 0.350. The molecule has 0 spiro atoms. The Bertz CT molecular complexity index is 733. The van der Waals surface area contributed by atoms with Crippen molar-refractivity contribution in [3.63, 3.8) is 0 Å². The van der Waals surface area contributed by atoms with E-state index in [0.29, 0.717) is 25.1 Å². The summed E-state index contributed by atoms with van der Waals surface area (Å²) in [5, 5.41) is 0. The van der Waals surface area contributed by atoms with Crippen LogP contribution in [0.3, 0.4) is 0 Å². The van der Waals surface area contributed by atoms with Gasteiger partial charge in [-0.05, 0) is 30.8 Å². The van der Waals surface area contributed by atoms with Crippen molar-refractivity contribution in [3.05, 3.63) is 65.5 Å². The molecule has 2 aromatic rings. The first-order valence-electron chi connectivity index (χ1n) is 8.44. The molecule has 132 valence electrons. The van der Waals surface area contributed by atoms with Crippen LogP contribution in [0.25, 0.3) is 0 Å². The average Bonchev–Trinajstić information content (AvgIpc) is 2.63. The molecule has 0 aliphatic carbocycles. The molecular formula is C20H23FN2O2. The second kappa shape index (κ2) is 7.66. The molecule has 4 nitrogen and oxygen atoms in total. The number of piperazine rings is 1. The maximum absolute atomic E-state index is 14.2. The van der Waals surface area contributed by atoms with Gasteiger partial charge in [-0.3, -0.25) is 9.69 Å². The van der Waals surface area contributed by atoms with Crippen LogP contribution in [0.5, 0.6) is 5.75 Å². The number of carbonyl (C=O) groups is 1. The Morgan fingerprint density at radius 3 is 2.56 bits per heavy atom. The summed E-state index contributed by atoms with van der Waals surface area (Å²) in [5.74, 6) is 0.624. The number of benzene rings is 2. The summed E-state index contributed by atoms with van der Waals surface area (Å²) in [7, 11) is 3.59. The smallest absolute Gasteiger partial charge is 0.227 e. The van der Waals surface area contributed by atoms with E-state index in [9.17, 15) is 9.18 Å². The van der Waals surface area contributed by atoms with E-state index in [1.54, 1.807) is 19.2 Å². The lowest BCUT2D eigenvalue weighted by Gasteiger charge is -2.39. The quantitative estimate of drug-likeness (QED) is 0.856. The highest BCUT2D eigenvalue weighted by Gasteiger charge is 2.29. The fourth-order valence-electron chi connectivity index (χ4n) is 3.21. The lowest BCUT2D eigenvalue weighted by molar-refractivity contribution is -0.133. The van der Waals surface area contributed by atoms with Gasteiger partial charge in [0.2, 0.25) is 5.91 Å². The molecule has 1 heterocycles. The van der Waals surface area contributed by atoms with Gasteiger partial charge in [0.25, 0.3) is 0 Å². The van der Waals surface area contributed by atoms with Gasteiger partial charge in [0, 0.05) is 25.2 Å². The molecule has 25 heavy (non-hydrogen) atoms. The van der Waals surface area contributed by atoms with Crippen molar-refractivity contribution in [2.75, 3.05) is 33.8 Å². The van der Waals surface area contributed by atoms with Crippen LogP contribution >= 0.6 is 0 Å². The van der Waals surface area contributed by atoms with Gasteiger partial charge in [-0.25, -0.2) is 4.39 Å². The van der Waals surface area contributed by atoms with E-state index in [0.717, 1.165) is 17.9 Å². The monoisotopic (exact) mass is 342 g/mol. The molecule has 0 aromatic heterocycles. The summed E-state index contributed by atoms with van der Waals surface area (Å²) in [6.45, 7) is 1.90. The number of ether oxygens (including phenoxy) is 1. The van der Waals surface area contributed by atoms with Crippen LogP contribution in [0.15, 0.2) is 48.5 Å². The van der Waals surface area contributed by atoms with Gasteiger partial charge in [0.15, 0.2) is 0 Å². The van der Waals surface area contributed by atoms with Gasteiger partial charge < -0.3 is 9.64 Å². The molecule has 0 saturated carbocycles. The number of rotatable bonds is 4. The van der Waals surface area contributed by atoms with E-state index in [-0.39, 0.29) is 17.8 Å². The minimum Gasteiger partial charge on any atom is -0.497 e. The first-order valence-corrected chi connectivity index (χ1v) is 8.44. The van der Waals surface area contributed by atoms with E-state index >= 15 is 0 Å². The molecular weight excluding hydrogens is 319 g/mol. The van der Waals surface area contributed by atoms with Crippen molar-refractivity contribution in [2.24, 2.45) is 0 Å². The molecule has 0 radical (unpaired) electrons. The number of carbonyl (C=O) groups excluding carboxylic acids is 1. The standard InChI is InChI=1S/C20H23FN2O2/c1-22-11-12-23(14-19(22)17-5-3-4-6-18(17)21)20(24)13-15-7-9-16(25-2)10-8-15/h3-10,19H,11-14H2,1-2H3. The molecule has 1 atom stereocenters. The number of methoxy groups -OCH3 is 1. The molecule has 3 rings (SSSR count). The lowest BCUT2D eigenvalue weighted by Crippen LogP contribution is -2.49. The Hall–Kier alpha value is -2.40. The highest BCUT2D eigenvalue weighted by molar-refractivity contribution is 5.79. The highest BCUT2D eigenvalue weighted by Crippen LogP contribution is 2.26. The van der Waals surface area contributed by atoms with Crippen molar-refractivity contribution >= 4 is 5.91 Å². The van der Waals surface area contributed by atoms with Gasteiger partial charge in [-0.15, -0.1) is 0 Å². The molecule has 2 aromatic carbocycles. The van der Waals surface area contributed by atoms with E-state index in [1.165, 1.54) is 6.07 Å². The number of hydrogen-bond donors (Lipinski definition) is 0. The zero-order chi connectivity index (χ0) is 17.8. The van der Waals surface area contributed by atoms with Crippen LogP contribution in [0.4, 0.5) is 4.39 Å². The number of hydrogen-bond acceptors (Lipinski definition) is 3. The van der Waals surface area contributed by atoms with E-state index in [4.69, 9.17) is 4.74 Å². The van der Waals surface area contributed by atoms with Crippen LogP contribution in [-0.2, 0) is 11.2 Å². The number of halogens is 1. The Morgan fingerprint density at radius 2 is 1.88 bits per heavy atom. The van der Waals surface area contributed by atoms with Gasteiger partial charge in [-0.2, -0.15) is 0 Å². The second-order valence-electron chi connectivity index (χ2n) is 6.38. The predicted octanol–water partition coefficient (Wildman–Crippen LogP) is 2.89. The van der Waals surface area contributed by atoms with Gasteiger partial charge in [0.05, 0.1) is 19.6 Å². The van der Waals surface area contributed by atoms with Crippen LogP contribution in [-0.4, -0.2) is 49.5 Å². The minimum absolute atomic E-state index is 0.0691. The topological polar surface area (TPSA) is 32.8 Å². The third-order valence-corrected chi connectivity index (χ3v) is 4.78. The number of likely N-dealkylation sites (N-methyl/N-ethyl adjacent to an activating group) is 1. The average molecular weight is 342 g/mol. The normalized spacial score (nSPS) is 18.2. The summed E-state index contributed by atoms with van der Waals surface area (Å²) in [5.41, 5.74) is 1.60. The van der Waals surface area contributed by atoms with Gasteiger partial charge >= 0.3 is 0 Å². The largest absolute Gasteiger partial charge is 0.497 e. The lowest BCUT2D eigenvalue weighted by atomic mass is 10.0. The summed E-state index contributed by atoms with van der Waals surface area (Å²) >= 11 is 0. The Labute approximate surface area is 147 Å². The van der Waals surface area contributed by atoms with Crippen LogP contribution in [0, 0.1) is 5.82 Å². The summed E-state index contributed by atoms with van der Waals surface area (Å²) < 4.78 is 19.3. The number of amides is 1. The van der Waals surface area contributed by atoms with Crippen molar-refractivity contribution < 1.29 is 13.9 Å². The maximum atomic E-state index is 14.2. The molecule has 1 amide bonds. The predicted molar refractivity (Wildman–Crippen MR) is 95.0 cm³/mol. The van der Waals surface area contributed by atoms with Gasteiger partial charge in [-0.1, -0.05) is 30.3 Å². The van der Waals surface area contributed by atoms with Crippen LogP contribution in [0.2, 0.25) is 0 Å². The first kappa shape index (κ1) is 17.4. The second-order valence-corrected chi connectivity index (χ2v) is 6.38. The third-order valence-electron chi connectivity index (χ3n) is 4.78. The zero-order valence-electron chi connectivity index (χ0n) is 14.6. The molecule has 1 aliphatic heterocycles. The van der Waals surface area contributed by atoms with Crippen molar-refractivity contribution in [2.45, 2.75) is 12.5 Å². The SMILES string of the molecule is COc1ccc(CC(=O)N2CCN(C)C(c3ccccc3F)C2)cc1. The van der Waals surface area contributed by atoms with Crippen LogP contribution in [0.1, 0.15) is 17.2 Å². The molecule has 1 aliphatic rings. The summed E-state index contributed by atoms with van der Waals surface area (Å²) in [4.78, 5) is 16.6. The molecule has 0 bridgehead atoms. The molecule has 1 unspecified atom stereocenters. The highest BCUT2D eigenvalue weighted by atomic mass is 19.1. The molecule has 1 fully saturated rings. The Balaban J connectivity index is 1.69. The Kier molecular flexibility index (Phi) is 5.34. The van der Waals surface area contributed by atoms with E-state index in [2.05, 4.69) is 4.90 Å². The first-order chi connectivity index (χ1) is 12.1. The maximum Gasteiger partial charge on any atom is 0.227 e. The molecule has 0 N–H and O–H groups in total. The fourth-order valence-corrected chi connectivity index (χ4v) is 3.21. The third kappa shape index (κ3) is 3.99. The summed E-state index contributed by atoms with van der Waals surface area (Å²) in [6, 6.07) is 14.2. The van der Waals surface area contributed by atoms with Crippen molar-refractivity contribution in [1.82, 2.24) is 9.80 Å². The minimum atomic E-state index is -0.219. The van der Waals surface area contributed by atoms with Crippen molar-refractivity contribution in [1.29, 1.82) is 0 Å². The molecule has 1 saturated heterocycles. The van der Waals surface area contributed by atoms with E-state index < -0.39 is 0 Å². The van der Waals surface area contributed by atoms with Gasteiger partial charge in [0.1, 0.15) is 11.6 Å². The van der Waals surface area contributed by atoms with E-state index in [1.807, 2.05) is 42.3 Å². The summed E-state index contributed by atoms with van der Waals surface area (Å²) in [6.07, 6.45) is 0.345. The van der Waals surface area contributed by atoms with Crippen LogP contribution < -0.4 is 4.74 Å². The van der Waals surface area contributed by atoms with Crippen molar-refractivity contribution in [3.8, 4) is 5.75 Å². The molecule has 5 heteroatoms. The zero-order valence-corrected chi connectivity index (χ0v) is 14.6.